The predicted octanol–water partition coefficient (Wildman–Crippen LogP) is 13.4. The number of rotatable bonds is 21. The number of oxazole rings is 1. The summed E-state index contributed by atoms with van der Waals surface area (Å²) in [5, 5.41) is 12.8. The zero-order valence-corrected chi connectivity index (χ0v) is 37.9. The fourth-order valence-corrected chi connectivity index (χ4v) is 8.25. The van der Waals surface area contributed by atoms with Gasteiger partial charge in [-0.2, -0.15) is 5.26 Å². The molecule has 2 amide bonds. The molecule has 1 heterocycles. The highest BCUT2D eigenvalue weighted by atomic mass is 35.5. The van der Waals surface area contributed by atoms with Gasteiger partial charge in [-0.25, -0.2) is 14.6 Å². The van der Waals surface area contributed by atoms with E-state index in [0.717, 1.165) is 44.1 Å². The fourth-order valence-electron chi connectivity index (χ4n) is 7.85. The van der Waals surface area contributed by atoms with Gasteiger partial charge in [-0.05, 0) is 98.0 Å². The number of Topliss-reactive ketones (excluding diaryl/α,β-unsaturated/α-hetero) is 1. The van der Waals surface area contributed by atoms with Gasteiger partial charge in [-0.15, -0.1) is 0 Å². The smallest absolute Gasteiger partial charge is 0.415 e. The van der Waals surface area contributed by atoms with E-state index in [0.29, 0.717) is 35.2 Å². The maximum atomic E-state index is 14.4. The zero-order chi connectivity index (χ0) is 45.4. The number of carbonyl (C=O) groups excluding carboxylic acids is 4. The lowest BCUT2D eigenvalue weighted by atomic mass is 10.0. The summed E-state index contributed by atoms with van der Waals surface area (Å²) in [6.07, 6.45) is 13.3. The van der Waals surface area contributed by atoms with Crippen molar-refractivity contribution in [1.82, 2.24) is 4.98 Å². The van der Waals surface area contributed by atoms with E-state index < -0.39 is 29.9 Å². The number of carbonyl (C=O) groups is 4. The second-order valence-electron chi connectivity index (χ2n) is 16.1. The molecule has 64 heavy (non-hydrogen) atoms. The molecule has 1 atom stereocenters. The van der Waals surface area contributed by atoms with E-state index in [9.17, 15) is 24.4 Å². The van der Waals surface area contributed by atoms with Crippen molar-refractivity contribution >= 4 is 81.1 Å². The van der Waals surface area contributed by atoms with Crippen LogP contribution in [0.3, 0.4) is 0 Å². The van der Waals surface area contributed by atoms with Gasteiger partial charge >= 0.3 is 12.1 Å². The quantitative estimate of drug-likeness (QED) is 0.0249. The van der Waals surface area contributed by atoms with Crippen LogP contribution >= 0.6 is 23.2 Å². The summed E-state index contributed by atoms with van der Waals surface area (Å²) in [5.41, 5.74) is 3.44. The van der Waals surface area contributed by atoms with Crippen LogP contribution in [0.15, 0.2) is 89.3 Å². The number of aryl methyl sites for hydroxylation is 1. The summed E-state index contributed by atoms with van der Waals surface area (Å²) in [4.78, 5) is 61.8. The number of ketones is 1. The van der Waals surface area contributed by atoms with Crippen molar-refractivity contribution in [1.29, 1.82) is 5.26 Å². The van der Waals surface area contributed by atoms with E-state index in [4.69, 9.17) is 37.1 Å². The molecular weight excluding hydrogens is 851 g/mol. The minimum absolute atomic E-state index is 0.0227. The van der Waals surface area contributed by atoms with Crippen LogP contribution in [0.5, 0.6) is 0 Å². The largest absolute Gasteiger partial charge is 0.462 e. The lowest BCUT2D eigenvalue weighted by molar-refractivity contribution is -0.122. The minimum atomic E-state index is -2.00. The van der Waals surface area contributed by atoms with Crippen LogP contribution in [0.4, 0.5) is 16.2 Å². The molecule has 5 aromatic rings. The lowest BCUT2D eigenvalue weighted by Gasteiger charge is -2.30. The summed E-state index contributed by atoms with van der Waals surface area (Å²) < 4.78 is 17.3. The third-order valence-corrected chi connectivity index (χ3v) is 12.0. The number of fused-ring (bicyclic) bond motifs is 1. The average Bonchev–Trinajstić information content (AvgIpc) is 3.99. The van der Waals surface area contributed by atoms with Crippen LogP contribution < -0.4 is 10.2 Å². The average molecular weight is 906 g/mol. The monoisotopic (exact) mass is 904 g/mol. The standard InChI is InChI=1S/C51H54Cl2N4O7/c1-3-4-5-6-7-8-9-10-11-18-29-62-50(60)36-26-28-42(53)44(32-36)55-48(59)47(46(58)40-21-14-15-22-41(40)52)64-51(61)57(38-19-12-13-20-38)39-27-25-35(34(2)30-39)31-37(33-54)49-56-43-23-16-17-24-45(43)63-49/h14-17,21-28,30-32,38,47H,3-13,18-20,29H2,1-2H3,(H,55,59)/b37-31+. The number of anilines is 2. The third kappa shape index (κ3) is 12.6. The molecule has 0 aliphatic heterocycles. The molecule has 334 valence electrons. The van der Waals surface area contributed by atoms with Gasteiger partial charge in [0.1, 0.15) is 17.2 Å². The number of hydrogen-bond acceptors (Lipinski definition) is 9. The van der Waals surface area contributed by atoms with Gasteiger partial charge in [0.25, 0.3) is 5.91 Å². The Balaban J connectivity index is 1.18. The summed E-state index contributed by atoms with van der Waals surface area (Å²) >= 11 is 13.0. The van der Waals surface area contributed by atoms with Crippen molar-refractivity contribution in [2.24, 2.45) is 0 Å². The Morgan fingerprint density at radius 2 is 1.56 bits per heavy atom. The molecule has 0 radical (unpaired) electrons. The molecule has 0 bridgehead atoms. The molecule has 1 saturated carbocycles. The van der Waals surface area contributed by atoms with E-state index >= 15 is 0 Å². The first-order chi connectivity index (χ1) is 31.1. The van der Waals surface area contributed by atoms with Gasteiger partial charge in [0.2, 0.25) is 17.8 Å². The van der Waals surface area contributed by atoms with E-state index in [-0.39, 0.29) is 51.0 Å². The Labute approximate surface area is 384 Å². The molecule has 0 spiro atoms. The second kappa shape index (κ2) is 23.6. The number of nitrogens with zero attached hydrogens (tertiary/aromatic N) is 3. The number of nitriles is 1. The zero-order valence-electron chi connectivity index (χ0n) is 36.4. The number of nitrogens with one attached hydrogen (secondary N) is 1. The first kappa shape index (κ1) is 47.5. The number of benzene rings is 4. The highest BCUT2D eigenvalue weighted by molar-refractivity contribution is 6.36. The van der Waals surface area contributed by atoms with Crippen molar-refractivity contribution in [2.45, 2.75) is 116 Å². The minimum Gasteiger partial charge on any atom is -0.462 e. The molecule has 1 aliphatic rings. The first-order valence-electron chi connectivity index (χ1n) is 22.2. The summed E-state index contributed by atoms with van der Waals surface area (Å²) in [6, 6.07) is 24.9. The topological polar surface area (TPSA) is 152 Å². The number of allylic oxidation sites excluding steroid dienone is 1. The normalized spacial score (nSPS) is 13.3. The SMILES string of the molecule is CCCCCCCCCCCCOC(=O)c1ccc(Cl)c(NC(=O)C(OC(=O)N(c2ccc(/C=C(\C#N)c3nc4ccccc4o3)c(C)c2)C2CCCC2)C(=O)c2ccccc2Cl)c1. The van der Waals surface area contributed by atoms with Crippen LogP contribution in [0.1, 0.15) is 135 Å². The molecule has 1 aromatic heterocycles. The molecule has 1 fully saturated rings. The predicted molar refractivity (Wildman–Crippen MR) is 252 cm³/mol. The molecule has 1 N–H and O–H groups in total. The number of unbranched alkanes of at least 4 members (excludes halogenated alkanes) is 9. The molecule has 6 rings (SSSR count). The highest BCUT2D eigenvalue weighted by Crippen LogP contribution is 2.33. The van der Waals surface area contributed by atoms with Gasteiger partial charge in [-0.3, -0.25) is 14.5 Å². The number of hydrogen-bond donors (Lipinski definition) is 1. The summed E-state index contributed by atoms with van der Waals surface area (Å²) in [6.45, 7) is 4.31. The molecule has 1 unspecified atom stereocenters. The maximum Gasteiger partial charge on any atom is 0.415 e. The summed E-state index contributed by atoms with van der Waals surface area (Å²) in [5.74, 6) is -2.26. The van der Waals surface area contributed by atoms with Crippen LogP contribution in [0, 0.1) is 18.3 Å². The van der Waals surface area contributed by atoms with E-state index in [2.05, 4.69) is 23.3 Å². The number of esters is 1. The van der Waals surface area contributed by atoms with Gasteiger partial charge in [0.05, 0.1) is 27.9 Å². The van der Waals surface area contributed by atoms with E-state index in [1.807, 2.05) is 19.1 Å². The summed E-state index contributed by atoms with van der Waals surface area (Å²) in [7, 11) is 0. The van der Waals surface area contributed by atoms with Gasteiger partial charge in [0.15, 0.2) is 5.58 Å². The molecule has 4 aromatic carbocycles. The first-order valence-corrected chi connectivity index (χ1v) is 23.0. The van der Waals surface area contributed by atoms with Crippen molar-refractivity contribution in [3.63, 3.8) is 0 Å². The molecule has 0 saturated heterocycles. The Hall–Kier alpha value is -5.96. The Morgan fingerprint density at radius 1 is 0.875 bits per heavy atom. The van der Waals surface area contributed by atoms with E-state index in [1.54, 1.807) is 48.5 Å². The number of halogens is 2. The van der Waals surface area contributed by atoms with Crippen LogP contribution in [-0.2, 0) is 14.3 Å². The number of amides is 2. The molecule has 1 aliphatic carbocycles. The van der Waals surface area contributed by atoms with Crippen molar-refractivity contribution in [3.8, 4) is 6.07 Å². The molecular formula is C51H54Cl2N4O7. The van der Waals surface area contributed by atoms with Crippen LogP contribution in [0.25, 0.3) is 22.7 Å². The third-order valence-electron chi connectivity index (χ3n) is 11.4. The lowest BCUT2D eigenvalue weighted by Crippen LogP contribution is -2.46. The molecule has 11 nitrogen and oxygen atoms in total. The highest BCUT2D eigenvalue weighted by Gasteiger charge is 2.37. The van der Waals surface area contributed by atoms with Crippen LogP contribution in [0.2, 0.25) is 10.0 Å². The van der Waals surface area contributed by atoms with Gasteiger partial charge in [-0.1, -0.05) is 131 Å². The maximum absolute atomic E-state index is 14.4. The van der Waals surface area contributed by atoms with Gasteiger partial charge < -0.3 is 19.2 Å². The van der Waals surface area contributed by atoms with Gasteiger partial charge in [0, 0.05) is 17.3 Å². The Kier molecular flexibility index (Phi) is 17.6. The van der Waals surface area contributed by atoms with Crippen LogP contribution in [-0.4, -0.2) is 47.5 Å². The van der Waals surface area contributed by atoms with Crippen molar-refractivity contribution in [3.05, 3.63) is 123 Å². The molecule has 13 heteroatoms. The Bertz CT molecular complexity index is 2470. The van der Waals surface area contributed by atoms with Crippen molar-refractivity contribution < 1.29 is 33.1 Å². The number of para-hydroxylation sites is 2. The fraction of sp³-hybridized carbons (Fsp3) is 0.373. The number of aromatic nitrogens is 1. The second-order valence-corrected chi connectivity index (χ2v) is 16.9. The van der Waals surface area contributed by atoms with E-state index in [1.165, 1.54) is 73.8 Å². The Morgan fingerprint density at radius 3 is 2.25 bits per heavy atom. The number of ether oxygens (including phenoxy) is 2. The van der Waals surface area contributed by atoms with Crippen molar-refractivity contribution in [2.75, 3.05) is 16.8 Å².